The van der Waals surface area contributed by atoms with E-state index in [0.717, 1.165) is 30.8 Å². The van der Waals surface area contributed by atoms with Crippen LogP contribution in [0.5, 0.6) is 0 Å². The highest BCUT2D eigenvalue weighted by molar-refractivity contribution is 5.46. The van der Waals surface area contributed by atoms with Gasteiger partial charge in [0.2, 0.25) is 11.6 Å². The Morgan fingerprint density at radius 1 is 1.18 bits per heavy atom. The number of fused-ring (bicyclic) bond motifs is 1. The van der Waals surface area contributed by atoms with Gasteiger partial charge in [-0.1, -0.05) is 0 Å². The van der Waals surface area contributed by atoms with Crippen LogP contribution in [0, 0.1) is 45.3 Å². The first-order valence-electron chi connectivity index (χ1n) is 7.49. The van der Waals surface area contributed by atoms with E-state index in [0.29, 0.717) is 19.6 Å². The lowest BCUT2D eigenvalue weighted by atomic mass is 9.66. The first-order valence-corrected chi connectivity index (χ1v) is 7.49. The van der Waals surface area contributed by atoms with Gasteiger partial charge in [-0.25, -0.2) is 0 Å². The standard InChI is InChI=1S/C15H17N5O2/c16-8-11-13(19)22-15(20-4-6-21-7-5-20)3-1-2-12(15)14(11,9-17)10-18/h12H,1-7,19H2/p+1/t12-,15+/m1/s1. The van der Waals surface area contributed by atoms with Gasteiger partial charge in [0.25, 0.3) is 0 Å². The van der Waals surface area contributed by atoms with E-state index in [2.05, 4.69) is 12.1 Å². The van der Waals surface area contributed by atoms with Gasteiger partial charge in [0.05, 0.1) is 31.3 Å². The predicted octanol–water partition coefficient (Wildman–Crippen LogP) is -0.844. The van der Waals surface area contributed by atoms with Crippen molar-refractivity contribution < 1.29 is 14.4 Å². The van der Waals surface area contributed by atoms with Crippen molar-refractivity contribution in [3.8, 4) is 18.2 Å². The van der Waals surface area contributed by atoms with Gasteiger partial charge in [0.15, 0.2) is 5.41 Å². The van der Waals surface area contributed by atoms with Gasteiger partial charge in [-0.3, -0.25) is 4.90 Å². The molecule has 0 aromatic carbocycles. The number of nitrogens with two attached hydrogens (primary N) is 1. The Bertz CT molecular complexity index is 618. The predicted molar refractivity (Wildman–Crippen MR) is 73.2 cm³/mol. The van der Waals surface area contributed by atoms with Gasteiger partial charge < -0.3 is 15.2 Å². The molecule has 0 radical (unpaired) electrons. The molecule has 0 aromatic heterocycles. The number of ether oxygens (including phenoxy) is 2. The third kappa shape index (κ3) is 1.72. The fraction of sp³-hybridized carbons (Fsp3) is 0.667. The van der Waals surface area contributed by atoms with Crippen molar-refractivity contribution in [2.24, 2.45) is 17.1 Å². The average molecular weight is 300 g/mol. The van der Waals surface area contributed by atoms with E-state index in [-0.39, 0.29) is 17.4 Å². The summed E-state index contributed by atoms with van der Waals surface area (Å²) in [5, 5.41) is 28.8. The number of nitrogens with zero attached hydrogens (tertiary/aromatic N) is 3. The smallest absolute Gasteiger partial charge is 0.249 e. The first-order chi connectivity index (χ1) is 10.6. The number of rotatable bonds is 1. The Morgan fingerprint density at radius 2 is 1.86 bits per heavy atom. The normalized spacial score (nSPS) is 34.0. The van der Waals surface area contributed by atoms with Crippen LogP contribution in [-0.2, 0) is 9.47 Å². The molecule has 0 amide bonds. The van der Waals surface area contributed by atoms with Crippen molar-refractivity contribution in [2.45, 2.75) is 25.0 Å². The maximum atomic E-state index is 9.72. The van der Waals surface area contributed by atoms with Crippen molar-refractivity contribution in [1.29, 1.82) is 15.8 Å². The second-order valence-electron chi connectivity index (χ2n) is 6.03. The van der Waals surface area contributed by atoms with Crippen molar-refractivity contribution in [1.82, 2.24) is 0 Å². The zero-order chi connectivity index (χ0) is 15.8. The van der Waals surface area contributed by atoms with Crippen LogP contribution in [0.4, 0.5) is 0 Å². The van der Waals surface area contributed by atoms with Crippen LogP contribution in [0.25, 0.3) is 0 Å². The lowest BCUT2D eigenvalue weighted by Gasteiger charge is -2.48. The molecule has 2 fully saturated rings. The second kappa shape index (κ2) is 5.18. The summed E-state index contributed by atoms with van der Waals surface area (Å²) in [7, 11) is 0. The highest BCUT2D eigenvalue weighted by atomic mass is 16.5. The van der Waals surface area contributed by atoms with Crippen LogP contribution < -0.4 is 10.6 Å². The Morgan fingerprint density at radius 3 is 2.45 bits per heavy atom. The second-order valence-corrected chi connectivity index (χ2v) is 6.03. The van der Waals surface area contributed by atoms with Gasteiger partial charge in [-0.15, -0.1) is 0 Å². The molecule has 0 unspecified atom stereocenters. The zero-order valence-electron chi connectivity index (χ0n) is 12.3. The summed E-state index contributed by atoms with van der Waals surface area (Å²) in [6.07, 6.45) is 2.27. The summed E-state index contributed by atoms with van der Waals surface area (Å²) in [4.78, 5) is 1.16. The molecule has 1 saturated carbocycles. The van der Waals surface area contributed by atoms with Crippen molar-refractivity contribution >= 4 is 0 Å². The molecule has 3 N–H and O–H groups in total. The molecule has 114 valence electrons. The minimum atomic E-state index is -1.51. The zero-order valence-corrected chi connectivity index (χ0v) is 12.3. The Hall–Kier alpha value is -2.27. The molecule has 1 aliphatic carbocycles. The summed E-state index contributed by atoms with van der Waals surface area (Å²) in [5.41, 5.74) is 3.71. The first kappa shape index (κ1) is 14.7. The van der Waals surface area contributed by atoms with E-state index in [1.54, 1.807) is 0 Å². The van der Waals surface area contributed by atoms with E-state index < -0.39 is 11.1 Å². The number of nitriles is 3. The highest BCUT2D eigenvalue weighted by Gasteiger charge is 2.67. The number of hydrogen-bond acceptors (Lipinski definition) is 6. The summed E-state index contributed by atoms with van der Waals surface area (Å²) in [5.74, 6) is -0.409. The summed E-state index contributed by atoms with van der Waals surface area (Å²) < 4.78 is 11.4. The van der Waals surface area contributed by atoms with E-state index in [4.69, 9.17) is 15.2 Å². The van der Waals surface area contributed by atoms with Crippen LogP contribution >= 0.6 is 0 Å². The number of quaternary nitrogens is 1. The van der Waals surface area contributed by atoms with Gasteiger partial charge in [0, 0.05) is 6.42 Å². The van der Waals surface area contributed by atoms with Gasteiger partial charge >= 0.3 is 0 Å². The monoisotopic (exact) mass is 300 g/mol. The van der Waals surface area contributed by atoms with Crippen molar-refractivity contribution in [3.63, 3.8) is 0 Å². The molecule has 2 atom stereocenters. The Balaban J connectivity index is 2.14. The van der Waals surface area contributed by atoms with Crippen molar-refractivity contribution in [3.05, 3.63) is 11.5 Å². The molecule has 7 nitrogen and oxygen atoms in total. The number of nitrogens with one attached hydrogen (secondary N) is 1. The molecule has 0 aromatic rings. The molecule has 2 aliphatic heterocycles. The molecule has 7 heteroatoms. The van der Waals surface area contributed by atoms with Crippen LogP contribution in [0.15, 0.2) is 11.5 Å². The van der Waals surface area contributed by atoms with E-state index >= 15 is 0 Å². The van der Waals surface area contributed by atoms with Crippen LogP contribution in [0.3, 0.4) is 0 Å². The third-order valence-electron chi connectivity index (χ3n) is 5.22. The number of morpholine rings is 1. The Labute approximate surface area is 129 Å². The summed E-state index contributed by atoms with van der Waals surface area (Å²) >= 11 is 0. The summed E-state index contributed by atoms with van der Waals surface area (Å²) in [6, 6.07) is 6.11. The molecule has 0 spiro atoms. The molecule has 1 saturated heterocycles. The van der Waals surface area contributed by atoms with E-state index in [9.17, 15) is 15.8 Å². The molecule has 0 bridgehead atoms. The maximum absolute atomic E-state index is 9.72. The third-order valence-corrected chi connectivity index (χ3v) is 5.22. The molecule has 3 aliphatic rings. The SMILES string of the molecule is N#CC1=C(N)O[C@@]2([NH+]3CCOCC3)CCC[C@@H]2C1(C#N)C#N. The lowest BCUT2D eigenvalue weighted by Crippen LogP contribution is -3.23. The van der Waals surface area contributed by atoms with Crippen molar-refractivity contribution in [2.75, 3.05) is 26.3 Å². The van der Waals surface area contributed by atoms with E-state index in [1.165, 1.54) is 0 Å². The lowest BCUT2D eigenvalue weighted by molar-refractivity contribution is -0.989. The highest BCUT2D eigenvalue weighted by Crippen LogP contribution is 2.53. The van der Waals surface area contributed by atoms with Gasteiger partial charge in [0.1, 0.15) is 24.7 Å². The minimum absolute atomic E-state index is 0.0346. The molecular weight excluding hydrogens is 282 g/mol. The van der Waals surface area contributed by atoms with E-state index in [1.807, 2.05) is 6.07 Å². The topological polar surface area (TPSA) is 120 Å². The van der Waals surface area contributed by atoms with Gasteiger partial charge in [-0.2, -0.15) is 15.8 Å². The quantitative estimate of drug-likeness (QED) is 0.651. The minimum Gasteiger partial charge on any atom is -0.424 e. The number of allylic oxidation sites excluding steroid dienone is 1. The molecule has 3 rings (SSSR count). The van der Waals surface area contributed by atoms with Gasteiger partial charge in [-0.05, 0) is 12.8 Å². The molecule has 22 heavy (non-hydrogen) atoms. The maximum Gasteiger partial charge on any atom is 0.249 e. The van der Waals surface area contributed by atoms with Crippen LogP contribution in [0.1, 0.15) is 19.3 Å². The van der Waals surface area contributed by atoms with Crippen LogP contribution in [-0.4, -0.2) is 32.0 Å². The largest absolute Gasteiger partial charge is 0.424 e. The average Bonchev–Trinajstić information content (AvgIpc) is 2.99. The summed E-state index contributed by atoms with van der Waals surface area (Å²) in [6.45, 7) is 2.74. The number of hydrogen-bond donors (Lipinski definition) is 2. The fourth-order valence-corrected chi connectivity index (χ4v) is 4.25. The fourth-order valence-electron chi connectivity index (χ4n) is 4.25. The van der Waals surface area contributed by atoms with Crippen LogP contribution in [0.2, 0.25) is 0 Å². The molecular formula is C15H18N5O2+. The Kier molecular flexibility index (Phi) is 3.45. The molecule has 2 heterocycles.